The van der Waals surface area contributed by atoms with Crippen LogP contribution in [-0.2, 0) is 14.4 Å². The van der Waals surface area contributed by atoms with Crippen LogP contribution in [0, 0.1) is 23.2 Å². The van der Waals surface area contributed by atoms with Gasteiger partial charge in [-0.15, -0.1) is 11.8 Å². The lowest BCUT2D eigenvalue weighted by Gasteiger charge is -2.40. The van der Waals surface area contributed by atoms with E-state index in [9.17, 15) is 19.5 Å². The normalized spacial score (nSPS) is 32.3. The SMILES string of the molecule is CNC(=O)[C@@H]1[C@H]2C(=O)N([C@@H](CO)CC(C)C)C(C(=O)NC(C)(C)CC(C)(C)C)C23CC[C@H]1S3. The average Bonchev–Trinajstić information content (AvgIpc) is 3.30. The first-order valence-electron chi connectivity index (χ1n) is 12.3. The lowest BCUT2D eigenvalue weighted by molar-refractivity contribution is -0.143. The van der Waals surface area contributed by atoms with E-state index in [1.807, 2.05) is 13.8 Å². The summed E-state index contributed by atoms with van der Waals surface area (Å²) in [5, 5.41) is 16.3. The van der Waals surface area contributed by atoms with Crippen molar-refractivity contribution in [1.82, 2.24) is 15.5 Å². The fraction of sp³-hybridized carbons (Fsp3) is 0.880. The molecule has 188 valence electrons. The molecule has 0 saturated carbocycles. The lowest BCUT2D eigenvalue weighted by Crippen LogP contribution is -2.60. The number of nitrogens with zero attached hydrogens (tertiary/aromatic N) is 1. The highest BCUT2D eigenvalue weighted by atomic mass is 32.2. The van der Waals surface area contributed by atoms with Crippen molar-refractivity contribution in [2.75, 3.05) is 13.7 Å². The highest BCUT2D eigenvalue weighted by molar-refractivity contribution is 8.02. The van der Waals surface area contributed by atoms with Crippen molar-refractivity contribution in [3.63, 3.8) is 0 Å². The Balaban J connectivity index is 2.03. The zero-order chi connectivity index (χ0) is 24.9. The number of aliphatic hydroxyl groups excluding tert-OH is 1. The quantitative estimate of drug-likeness (QED) is 0.495. The van der Waals surface area contributed by atoms with E-state index in [2.05, 4.69) is 45.3 Å². The Labute approximate surface area is 203 Å². The molecule has 8 heteroatoms. The third kappa shape index (κ3) is 4.79. The Morgan fingerprint density at radius 1 is 1.21 bits per heavy atom. The maximum Gasteiger partial charge on any atom is 0.244 e. The smallest absolute Gasteiger partial charge is 0.244 e. The standard InChI is InChI=1S/C25H43N3O4S/c1-14(2)11-15(12-29)28-19(21(31)27-24(6,7)13-23(3,4)5)25-10-9-16(33-25)17(20(30)26-8)18(25)22(28)32/h14-19,29H,9-13H2,1-8H3,(H,26,30)(H,27,31)/t15-,16-,17+,18+,19?,25?/m1/s1. The molecule has 3 N–H and O–H groups in total. The van der Waals surface area contributed by atoms with Crippen LogP contribution in [0.3, 0.4) is 0 Å². The van der Waals surface area contributed by atoms with E-state index in [1.54, 1.807) is 23.7 Å². The van der Waals surface area contributed by atoms with Gasteiger partial charge in [-0.2, -0.15) is 0 Å². The van der Waals surface area contributed by atoms with E-state index >= 15 is 0 Å². The summed E-state index contributed by atoms with van der Waals surface area (Å²) < 4.78 is -0.620. The van der Waals surface area contributed by atoms with Gasteiger partial charge in [0.1, 0.15) is 6.04 Å². The van der Waals surface area contributed by atoms with Gasteiger partial charge in [-0.1, -0.05) is 34.6 Å². The molecule has 3 heterocycles. The summed E-state index contributed by atoms with van der Waals surface area (Å²) in [6.45, 7) is 14.4. The number of hydrogen-bond acceptors (Lipinski definition) is 5. The minimum absolute atomic E-state index is 0.0267. The molecule has 0 radical (unpaired) electrons. The van der Waals surface area contributed by atoms with E-state index < -0.39 is 34.2 Å². The molecule has 3 aliphatic heterocycles. The van der Waals surface area contributed by atoms with E-state index in [1.165, 1.54) is 0 Å². The van der Waals surface area contributed by atoms with Gasteiger partial charge in [0.15, 0.2) is 0 Å². The number of hydrogen-bond donors (Lipinski definition) is 3. The van der Waals surface area contributed by atoms with Crippen LogP contribution in [0.1, 0.15) is 74.1 Å². The molecule has 3 aliphatic rings. The fourth-order valence-corrected chi connectivity index (χ4v) is 9.05. The molecule has 0 aromatic carbocycles. The molecule has 6 atom stereocenters. The summed E-state index contributed by atoms with van der Waals surface area (Å²) in [4.78, 5) is 42.4. The highest BCUT2D eigenvalue weighted by Gasteiger charge is 2.74. The Bertz CT molecular complexity index is 793. The summed E-state index contributed by atoms with van der Waals surface area (Å²) >= 11 is 1.67. The van der Waals surface area contributed by atoms with Crippen LogP contribution >= 0.6 is 11.8 Å². The van der Waals surface area contributed by atoms with Gasteiger partial charge in [-0.3, -0.25) is 14.4 Å². The molecule has 3 amide bonds. The lowest BCUT2D eigenvalue weighted by atomic mass is 9.70. The topological polar surface area (TPSA) is 98.7 Å². The Kier molecular flexibility index (Phi) is 7.23. The summed E-state index contributed by atoms with van der Waals surface area (Å²) in [5.41, 5.74) is -0.425. The largest absolute Gasteiger partial charge is 0.394 e. The zero-order valence-electron chi connectivity index (χ0n) is 21.5. The van der Waals surface area contributed by atoms with Crippen molar-refractivity contribution in [2.24, 2.45) is 23.2 Å². The Morgan fingerprint density at radius 3 is 2.36 bits per heavy atom. The summed E-state index contributed by atoms with van der Waals surface area (Å²) in [6, 6.07) is -1.13. The van der Waals surface area contributed by atoms with E-state index in [-0.39, 0.29) is 40.9 Å². The summed E-state index contributed by atoms with van der Waals surface area (Å²) in [7, 11) is 1.61. The van der Waals surface area contributed by atoms with Gasteiger partial charge in [0.05, 0.1) is 29.2 Å². The molecule has 2 unspecified atom stereocenters. The van der Waals surface area contributed by atoms with Crippen LogP contribution in [0.2, 0.25) is 0 Å². The van der Waals surface area contributed by atoms with E-state index in [0.717, 1.165) is 19.3 Å². The van der Waals surface area contributed by atoms with Crippen LogP contribution in [0.15, 0.2) is 0 Å². The van der Waals surface area contributed by atoms with E-state index in [4.69, 9.17) is 0 Å². The van der Waals surface area contributed by atoms with Crippen molar-refractivity contribution in [1.29, 1.82) is 0 Å². The molecular weight excluding hydrogens is 438 g/mol. The van der Waals surface area contributed by atoms with Gasteiger partial charge in [0, 0.05) is 17.8 Å². The maximum absolute atomic E-state index is 14.0. The number of thioether (sulfide) groups is 1. The molecule has 33 heavy (non-hydrogen) atoms. The average molecular weight is 482 g/mol. The predicted octanol–water partition coefficient (Wildman–Crippen LogP) is 2.56. The second kappa shape index (κ2) is 9.06. The molecule has 2 bridgehead atoms. The number of rotatable bonds is 8. The Hall–Kier alpha value is -1.28. The Morgan fingerprint density at radius 2 is 1.85 bits per heavy atom. The molecule has 0 aromatic rings. The second-order valence-electron chi connectivity index (χ2n) is 12.5. The third-order valence-electron chi connectivity index (χ3n) is 7.32. The molecule has 0 aliphatic carbocycles. The number of carbonyl (C=O) groups excluding carboxylic acids is 3. The summed E-state index contributed by atoms with van der Waals surface area (Å²) in [6.07, 6.45) is 2.96. The van der Waals surface area contributed by atoms with E-state index in [0.29, 0.717) is 6.42 Å². The van der Waals surface area contributed by atoms with Crippen molar-refractivity contribution in [3.8, 4) is 0 Å². The number of nitrogens with one attached hydrogen (secondary N) is 2. The first kappa shape index (κ1) is 26.3. The number of carbonyl (C=O) groups is 3. The third-order valence-corrected chi connectivity index (χ3v) is 9.27. The van der Waals surface area contributed by atoms with Crippen molar-refractivity contribution >= 4 is 29.5 Å². The molecule has 3 rings (SSSR count). The number of amides is 3. The molecule has 3 saturated heterocycles. The van der Waals surface area contributed by atoms with Crippen LogP contribution < -0.4 is 10.6 Å². The minimum atomic E-state index is -0.685. The number of likely N-dealkylation sites (tertiary alicyclic amines) is 1. The highest BCUT2D eigenvalue weighted by Crippen LogP contribution is 2.66. The molecule has 0 aromatic heterocycles. The van der Waals surface area contributed by atoms with Crippen LogP contribution in [0.5, 0.6) is 0 Å². The number of fused-ring (bicyclic) bond motifs is 1. The molecular formula is C25H43N3O4S. The molecule has 1 spiro atoms. The van der Waals surface area contributed by atoms with Gasteiger partial charge >= 0.3 is 0 Å². The maximum atomic E-state index is 14.0. The minimum Gasteiger partial charge on any atom is -0.394 e. The first-order chi connectivity index (χ1) is 15.2. The van der Waals surface area contributed by atoms with Gasteiger partial charge in [-0.25, -0.2) is 0 Å². The van der Waals surface area contributed by atoms with Gasteiger partial charge in [0.2, 0.25) is 17.7 Å². The second-order valence-corrected chi connectivity index (χ2v) is 14.1. The van der Waals surface area contributed by atoms with Gasteiger partial charge in [0.25, 0.3) is 0 Å². The predicted molar refractivity (Wildman–Crippen MR) is 132 cm³/mol. The molecule has 3 fully saturated rings. The van der Waals surface area contributed by atoms with Crippen LogP contribution in [0.4, 0.5) is 0 Å². The van der Waals surface area contributed by atoms with Crippen molar-refractivity contribution in [2.45, 2.75) is 102 Å². The van der Waals surface area contributed by atoms with Crippen LogP contribution in [0.25, 0.3) is 0 Å². The van der Waals surface area contributed by atoms with Crippen molar-refractivity contribution < 1.29 is 19.5 Å². The van der Waals surface area contributed by atoms with Gasteiger partial charge < -0.3 is 20.6 Å². The van der Waals surface area contributed by atoms with Crippen molar-refractivity contribution in [3.05, 3.63) is 0 Å². The van der Waals surface area contributed by atoms with Gasteiger partial charge in [-0.05, 0) is 50.9 Å². The summed E-state index contributed by atoms with van der Waals surface area (Å²) in [5.74, 6) is -1.12. The fourth-order valence-electron chi connectivity index (χ4n) is 6.84. The first-order valence-corrected chi connectivity index (χ1v) is 13.2. The number of aliphatic hydroxyl groups is 1. The molecule has 7 nitrogen and oxygen atoms in total. The monoisotopic (exact) mass is 481 g/mol. The zero-order valence-corrected chi connectivity index (χ0v) is 22.3. The van der Waals surface area contributed by atoms with Crippen LogP contribution in [-0.4, -0.2) is 69.0 Å².